The van der Waals surface area contributed by atoms with Crippen molar-refractivity contribution in [2.45, 2.75) is 0 Å². The van der Waals surface area contributed by atoms with Gasteiger partial charge in [0.1, 0.15) is 5.52 Å². The predicted molar refractivity (Wildman–Crippen MR) is 80.2 cm³/mol. The second-order valence-corrected chi connectivity index (χ2v) is 5.59. The standard InChI is InChI=1S/C16H9NO2S/c18-9-11-6-8-14(20-11)16-17-15-12-4-2-1-3-10(12)5-7-13(15)19-16/h1-9H. The van der Waals surface area contributed by atoms with Crippen LogP contribution >= 0.6 is 11.3 Å². The number of hydrogen-bond donors (Lipinski definition) is 0. The average Bonchev–Trinajstić information content (AvgIpc) is 3.13. The number of thiophene rings is 1. The van der Waals surface area contributed by atoms with E-state index in [9.17, 15) is 4.79 Å². The first-order valence-electron chi connectivity index (χ1n) is 6.19. The Morgan fingerprint density at radius 2 is 1.95 bits per heavy atom. The molecule has 4 aromatic rings. The Bertz CT molecular complexity index is 936. The Hall–Kier alpha value is -2.46. The van der Waals surface area contributed by atoms with Crippen LogP contribution < -0.4 is 0 Å². The lowest BCUT2D eigenvalue weighted by Gasteiger charge is -1.95. The van der Waals surface area contributed by atoms with Crippen LogP contribution in [0.5, 0.6) is 0 Å². The molecule has 0 N–H and O–H groups in total. The Morgan fingerprint density at radius 3 is 2.80 bits per heavy atom. The number of benzene rings is 2. The van der Waals surface area contributed by atoms with Crippen molar-refractivity contribution >= 4 is 39.5 Å². The molecule has 96 valence electrons. The third kappa shape index (κ3) is 1.66. The van der Waals surface area contributed by atoms with Gasteiger partial charge in [-0.15, -0.1) is 11.3 Å². The maximum absolute atomic E-state index is 10.8. The van der Waals surface area contributed by atoms with E-state index in [1.165, 1.54) is 11.3 Å². The van der Waals surface area contributed by atoms with Gasteiger partial charge in [0.2, 0.25) is 5.89 Å². The molecule has 4 heteroatoms. The van der Waals surface area contributed by atoms with Crippen molar-refractivity contribution in [1.29, 1.82) is 0 Å². The third-order valence-electron chi connectivity index (χ3n) is 3.24. The van der Waals surface area contributed by atoms with Crippen LogP contribution in [0.2, 0.25) is 0 Å². The minimum absolute atomic E-state index is 0.564. The fourth-order valence-electron chi connectivity index (χ4n) is 2.30. The molecule has 0 bridgehead atoms. The molecule has 20 heavy (non-hydrogen) atoms. The van der Waals surface area contributed by atoms with Crippen molar-refractivity contribution in [1.82, 2.24) is 4.98 Å². The molecule has 0 radical (unpaired) electrons. The van der Waals surface area contributed by atoms with Gasteiger partial charge in [-0.05, 0) is 23.6 Å². The van der Waals surface area contributed by atoms with E-state index in [1.807, 2.05) is 36.4 Å². The summed E-state index contributed by atoms with van der Waals surface area (Å²) >= 11 is 1.38. The molecule has 0 amide bonds. The lowest BCUT2D eigenvalue weighted by molar-refractivity contribution is 0.112. The first kappa shape index (κ1) is 11.4. The fourth-order valence-corrected chi connectivity index (χ4v) is 3.05. The lowest BCUT2D eigenvalue weighted by Crippen LogP contribution is -1.75. The highest BCUT2D eigenvalue weighted by molar-refractivity contribution is 7.16. The summed E-state index contributed by atoms with van der Waals surface area (Å²) in [6, 6.07) is 15.7. The first-order chi connectivity index (χ1) is 9.85. The number of aldehydes is 1. The van der Waals surface area contributed by atoms with E-state index in [2.05, 4.69) is 11.1 Å². The summed E-state index contributed by atoms with van der Waals surface area (Å²) in [6.07, 6.45) is 0.840. The number of hydrogen-bond acceptors (Lipinski definition) is 4. The fraction of sp³-hybridized carbons (Fsp3) is 0. The predicted octanol–water partition coefficient (Wildman–Crippen LogP) is 4.52. The van der Waals surface area contributed by atoms with Gasteiger partial charge in [-0.25, -0.2) is 4.98 Å². The molecule has 0 saturated carbocycles. The molecule has 2 aromatic carbocycles. The largest absolute Gasteiger partial charge is 0.435 e. The Labute approximate surface area is 118 Å². The zero-order valence-electron chi connectivity index (χ0n) is 10.4. The van der Waals surface area contributed by atoms with Crippen LogP contribution in [-0.2, 0) is 0 Å². The minimum atomic E-state index is 0.564. The highest BCUT2D eigenvalue weighted by atomic mass is 32.1. The van der Waals surface area contributed by atoms with Gasteiger partial charge in [-0.1, -0.05) is 30.3 Å². The minimum Gasteiger partial charge on any atom is -0.435 e. The second kappa shape index (κ2) is 4.28. The summed E-state index contributed by atoms with van der Waals surface area (Å²) in [4.78, 5) is 16.9. The highest BCUT2D eigenvalue weighted by Crippen LogP contribution is 2.32. The number of carbonyl (C=O) groups excluding carboxylic acids is 1. The van der Waals surface area contributed by atoms with Crippen molar-refractivity contribution in [3.05, 3.63) is 53.4 Å². The zero-order chi connectivity index (χ0) is 13.5. The number of oxazole rings is 1. The van der Waals surface area contributed by atoms with Gasteiger partial charge < -0.3 is 4.42 Å². The van der Waals surface area contributed by atoms with E-state index in [-0.39, 0.29) is 0 Å². The first-order valence-corrected chi connectivity index (χ1v) is 7.00. The van der Waals surface area contributed by atoms with E-state index >= 15 is 0 Å². The Morgan fingerprint density at radius 1 is 1.05 bits per heavy atom. The average molecular weight is 279 g/mol. The second-order valence-electron chi connectivity index (χ2n) is 4.47. The zero-order valence-corrected chi connectivity index (χ0v) is 11.2. The number of carbonyl (C=O) groups is 1. The summed E-state index contributed by atoms with van der Waals surface area (Å²) < 4.78 is 5.80. The van der Waals surface area contributed by atoms with Gasteiger partial charge in [0.25, 0.3) is 0 Å². The molecule has 3 nitrogen and oxygen atoms in total. The van der Waals surface area contributed by atoms with Crippen molar-refractivity contribution < 1.29 is 9.21 Å². The monoisotopic (exact) mass is 279 g/mol. The molecule has 4 rings (SSSR count). The SMILES string of the molecule is O=Cc1ccc(-c2nc3c(ccc4ccccc43)o2)s1. The number of nitrogens with zero attached hydrogens (tertiary/aromatic N) is 1. The van der Waals surface area contributed by atoms with Crippen LogP contribution in [0.15, 0.2) is 52.9 Å². The van der Waals surface area contributed by atoms with Crippen LogP contribution in [-0.4, -0.2) is 11.3 Å². The normalized spacial score (nSPS) is 11.2. The van der Waals surface area contributed by atoms with Crippen molar-refractivity contribution in [2.24, 2.45) is 0 Å². The molecule has 0 atom stereocenters. The van der Waals surface area contributed by atoms with Gasteiger partial charge in [0.15, 0.2) is 11.9 Å². The summed E-state index contributed by atoms with van der Waals surface area (Å²) in [5.41, 5.74) is 1.62. The number of aromatic nitrogens is 1. The smallest absolute Gasteiger partial charge is 0.237 e. The topological polar surface area (TPSA) is 43.1 Å². The Balaban J connectivity index is 1.98. The molecular weight excluding hydrogens is 270 g/mol. The van der Waals surface area contributed by atoms with Crippen molar-refractivity contribution in [3.8, 4) is 10.8 Å². The van der Waals surface area contributed by atoms with E-state index < -0.39 is 0 Å². The van der Waals surface area contributed by atoms with Crippen molar-refractivity contribution in [2.75, 3.05) is 0 Å². The van der Waals surface area contributed by atoms with Crippen LogP contribution in [0.25, 0.3) is 32.6 Å². The molecule has 0 spiro atoms. The maximum Gasteiger partial charge on any atom is 0.237 e. The van der Waals surface area contributed by atoms with E-state index in [1.54, 1.807) is 6.07 Å². The number of fused-ring (bicyclic) bond motifs is 3. The summed E-state index contributed by atoms with van der Waals surface area (Å²) in [5, 5.41) is 2.21. The lowest BCUT2D eigenvalue weighted by atomic mass is 10.1. The third-order valence-corrected chi connectivity index (χ3v) is 4.24. The van der Waals surface area contributed by atoms with Crippen molar-refractivity contribution in [3.63, 3.8) is 0 Å². The van der Waals surface area contributed by atoms with Gasteiger partial charge >= 0.3 is 0 Å². The van der Waals surface area contributed by atoms with Gasteiger partial charge in [-0.2, -0.15) is 0 Å². The molecule has 2 heterocycles. The van der Waals surface area contributed by atoms with Crippen LogP contribution in [0.1, 0.15) is 9.67 Å². The van der Waals surface area contributed by atoms with Crippen LogP contribution in [0.4, 0.5) is 0 Å². The molecule has 0 unspecified atom stereocenters. The highest BCUT2D eigenvalue weighted by Gasteiger charge is 2.12. The van der Waals surface area contributed by atoms with Gasteiger partial charge in [0.05, 0.1) is 9.75 Å². The van der Waals surface area contributed by atoms with E-state index in [0.717, 1.165) is 33.0 Å². The van der Waals surface area contributed by atoms with E-state index in [0.29, 0.717) is 10.8 Å². The van der Waals surface area contributed by atoms with Crippen LogP contribution in [0, 0.1) is 0 Å². The molecule has 0 saturated heterocycles. The summed E-state index contributed by atoms with van der Waals surface area (Å²) in [7, 11) is 0. The van der Waals surface area contributed by atoms with Gasteiger partial charge in [-0.3, -0.25) is 4.79 Å². The molecule has 2 aromatic heterocycles. The van der Waals surface area contributed by atoms with E-state index in [4.69, 9.17) is 4.42 Å². The summed E-state index contributed by atoms with van der Waals surface area (Å²) in [6.45, 7) is 0. The molecular formula is C16H9NO2S. The Kier molecular flexibility index (Phi) is 2.44. The number of rotatable bonds is 2. The molecule has 0 aliphatic rings. The molecule has 0 aliphatic carbocycles. The summed E-state index contributed by atoms with van der Waals surface area (Å²) in [5.74, 6) is 0.564. The van der Waals surface area contributed by atoms with Crippen LogP contribution in [0.3, 0.4) is 0 Å². The molecule has 0 aliphatic heterocycles. The molecule has 0 fully saturated rings. The quantitative estimate of drug-likeness (QED) is 0.506. The maximum atomic E-state index is 10.8. The van der Waals surface area contributed by atoms with Gasteiger partial charge in [0, 0.05) is 5.39 Å².